The van der Waals surface area contributed by atoms with Crippen molar-refractivity contribution < 1.29 is 24.8 Å². The first kappa shape index (κ1) is 22.6. The molecule has 25 heavy (non-hydrogen) atoms. The van der Waals surface area contributed by atoms with E-state index in [9.17, 15) is 15.3 Å². The summed E-state index contributed by atoms with van der Waals surface area (Å²) < 4.78 is 10.8. The van der Waals surface area contributed by atoms with Crippen LogP contribution in [0.15, 0.2) is 12.2 Å². The van der Waals surface area contributed by atoms with Crippen LogP contribution in [0.5, 0.6) is 0 Å². The first-order valence-corrected chi connectivity index (χ1v) is 10.0. The zero-order chi connectivity index (χ0) is 18.3. The molecule has 0 aromatic rings. The normalized spacial score (nSPS) is 27.2. The molecule has 0 saturated carbocycles. The molecule has 0 amide bonds. The van der Waals surface area contributed by atoms with E-state index in [1.54, 1.807) is 0 Å². The summed E-state index contributed by atoms with van der Waals surface area (Å²) in [6.07, 6.45) is 13.1. The zero-order valence-electron chi connectivity index (χ0n) is 15.8. The van der Waals surface area contributed by atoms with Gasteiger partial charge >= 0.3 is 0 Å². The van der Waals surface area contributed by atoms with Gasteiger partial charge in [0.15, 0.2) is 0 Å². The largest absolute Gasteiger partial charge is 0.388 e. The summed E-state index contributed by atoms with van der Waals surface area (Å²) in [6, 6.07) is 0. The highest BCUT2D eigenvalue weighted by Gasteiger charge is 2.37. The SMILES string of the molecule is CCCCC/C=C/CCCCCCCOC[C@@H]1OC[C@@H](O)[C@H](O)[C@H]1O. The molecule has 148 valence electrons. The molecule has 0 aromatic heterocycles. The topological polar surface area (TPSA) is 79.2 Å². The summed E-state index contributed by atoms with van der Waals surface area (Å²) >= 11 is 0. The molecule has 3 N–H and O–H groups in total. The second kappa shape index (κ2) is 14.7. The number of ether oxygens (including phenoxy) is 2. The van der Waals surface area contributed by atoms with Crippen molar-refractivity contribution in [2.75, 3.05) is 19.8 Å². The van der Waals surface area contributed by atoms with Crippen molar-refractivity contribution >= 4 is 0 Å². The summed E-state index contributed by atoms with van der Waals surface area (Å²) in [6.45, 7) is 3.17. The minimum Gasteiger partial charge on any atom is -0.388 e. The molecule has 1 aliphatic heterocycles. The van der Waals surface area contributed by atoms with E-state index >= 15 is 0 Å². The summed E-state index contributed by atoms with van der Waals surface area (Å²) in [5, 5.41) is 28.8. The number of aliphatic hydroxyl groups excluding tert-OH is 3. The van der Waals surface area contributed by atoms with Crippen LogP contribution in [-0.2, 0) is 9.47 Å². The lowest BCUT2D eigenvalue weighted by atomic mass is 10.0. The number of unbranched alkanes of at least 4 members (excludes halogenated alkanes) is 8. The van der Waals surface area contributed by atoms with E-state index in [1.165, 1.54) is 51.4 Å². The van der Waals surface area contributed by atoms with Crippen molar-refractivity contribution in [3.05, 3.63) is 12.2 Å². The molecule has 1 fully saturated rings. The third kappa shape index (κ3) is 10.3. The maximum absolute atomic E-state index is 9.79. The van der Waals surface area contributed by atoms with Gasteiger partial charge in [-0.2, -0.15) is 0 Å². The first-order chi connectivity index (χ1) is 12.2. The van der Waals surface area contributed by atoms with E-state index in [4.69, 9.17) is 9.47 Å². The molecular weight excluding hydrogens is 320 g/mol. The van der Waals surface area contributed by atoms with Crippen molar-refractivity contribution in [3.8, 4) is 0 Å². The highest BCUT2D eigenvalue weighted by atomic mass is 16.6. The summed E-state index contributed by atoms with van der Waals surface area (Å²) in [7, 11) is 0. The number of aliphatic hydroxyl groups is 3. The monoisotopic (exact) mass is 358 g/mol. The highest BCUT2D eigenvalue weighted by Crippen LogP contribution is 2.16. The predicted molar refractivity (Wildman–Crippen MR) is 99.6 cm³/mol. The van der Waals surface area contributed by atoms with Crippen molar-refractivity contribution in [1.29, 1.82) is 0 Å². The van der Waals surface area contributed by atoms with E-state index in [2.05, 4.69) is 19.1 Å². The lowest BCUT2D eigenvalue weighted by Gasteiger charge is -2.35. The van der Waals surface area contributed by atoms with Gasteiger partial charge in [-0.3, -0.25) is 0 Å². The first-order valence-electron chi connectivity index (χ1n) is 10.0. The Morgan fingerprint density at radius 3 is 2.24 bits per heavy atom. The maximum atomic E-state index is 9.79. The van der Waals surface area contributed by atoms with E-state index in [0.29, 0.717) is 6.61 Å². The Kier molecular flexibility index (Phi) is 13.3. The molecular formula is C20H38O5. The molecule has 5 nitrogen and oxygen atoms in total. The van der Waals surface area contributed by atoms with Crippen LogP contribution in [0.3, 0.4) is 0 Å². The van der Waals surface area contributed by atoms with Crippen LogP contribution in [0.1, 0.15) is 71.1 Å². The fourth-order valence-corrected chi connectivity index (χ4v) is 2.96. The van der Waals surface area contributed by atoms with Crippen LogP contribution in [-0.4, -0.2) is 59.6 Å². The second-order valence-electron chi connectivity index (χ2n) is 7.02. The summed E-state index contributed by atoms with van der Waals surface area (Å²) in [5.74, 6) is 0. The van der Waals surface area contributed by atoms with Crippen LogP contribution >= 0.6 is 0 Å². The van der Waals surface area contributed by atoms with Gasteiger partial charge in [0.1, 0.15) is 24.4 Å². The molecule has 1 heterocycles. The average Bonchev–Trinajstić information content (AvgIpc) is 2.61. The van der Waals surface area contributed by atoms with Crippen LogP contribution in [0.25, 0.3) is 0 Å². The van der Waals surface area contributed by atoms with Crippen LogP contribution in [0, 0.1) is 0 Å². The molecule has 0 spiro atoms. The lowest BCUT2D eigenvalue weighted by molar-refractivity contribution is -0.199. The fourth-order valence-electron chi connectivity index (χ4n) is 2.96. The molecule has 1 saturated heterocycles. The van der Waals surface area contributed by atoms with E-state index in [1.807, 2.05) is 0 Å². The Morgan fingerprint density at radius 2 is 1.52 bits per heavy atom. The molecule has 1 rings (SSSR count). The molecule has 1 aliphatic rings. The van der Waals surface area contributed by atoms with Crippen molar-refractivity contribution in [2.45, 2.75) is 95.5 Å². The van der Waals surface area contributed by atoms with Gasteiger partial charge in [0.05, 0.1) is 13.2 Å². The number of hydrogen-bond donors (Lipinski definition) is 3. The van der Waals surface area contributed by atoms with Gasteiger partial charge in [-0.25, -0.2) is 0 Å². The average molecular weight is 359 g/mol. The van der Waals surface area contributed by atoms with Crippen molar-refractivity contribution in [3.63, 3.8) is 0 Å². The Bertz CT molecular complexity index is 334. The van der Waals surface area contributed by atoms with Crippen LogP contribution < -0.4 is 0 Å². The van der Waals surface area contributed by atoms with Gasteiger partial charge in [0.2, 0.25) is 0 Å². The molecule has 5 heteroatoms. The van der Waals surface area contributed by atoms with Gasteiger partial charge in [-0.15, -0.1) is 0 Å². The van der Waals surface area contributed by atoms with E-state index in [-0.39, 0.29) is 13.2 Å². The van der Waals surface area contributed by atoms with Gasteiger partial charge in [-0.1, -0.05) is 51.2 Å². The van der Waals surface area contributed by atoms with Crippen molar-refractivity contribution in [2.24, 2.45) is 0 Å². The Morgan fingerprint density at radius 1 is 0.880 bits per heavy atom. The molecule has 0 aromatic carbocycles. The predicted octanol–water partition coefficient (Wildman–Crippen LogP) is 2.96. The molecule has 4 atom stereocenters. The Labute approximate surface area is 153 Å². The number of hydrogen-bond acceptors (Lipinski definition) is 5. The van der Waals surface area contributed by atoms with Crippen LogP contribution in [0.4, 0.5) is 0 Å². The lowest BCUT2D eigenvalue weighted by Crippen LogP contribution is -2.54. The quantitative estimate of drug-likeness (QED) is 0.329. The minimum atomic E-state index is -1.15. The fraction of sp³-hybridized carbons (Fsp3) is 0.900. The van der Waals surface area contributed by atoms with E-state index in [0.717, 1.165) is 12.8 Å². The zero-order valence-corrected chi connectivity index (χ0v) is 15.8. The standard InChI is InChI=1S/C20H38O5/c1-2-3-4-5-6-7-8-9-10-11-12-13-14-24-16-18-20(23)19(22)17(21)15-25-18/h6-7,17-23H,2-5,8-16H2,1H3/b7-6+/t17-,18+,19+,20+/m1/s1. The van der Waals surface area contributed by atoms with Crippen LogP contribution in [0.2, 0.25) is 0 Å². The maximum Gasteiger partial charge on any atom is 0.111 e. The van der Waals surface area contributed by atoms with Gasteiger partial charge in [0.25, 0.3) is 0 Å². The molecule has 0 radical (unpaired) electrons. The number of rotatable bonds is 14. The molecule has 0 bridgehead atoms. The smallest absolute Gasteiger partial charge is 0.111 e. The van der Waals surface area contributed by atoms with Gasteiger partial charge < -0.3 is 24.8 Å². The second-order valence-corrected chi connectivity index (χ2v) is 7.02. The third-order valence-corrected chi connectivity index (χ3v) is 4.69. The van der Waals surface area contributed by atoms with E-state index < -0.39 is 24.4 Å². The third-order valence-electron chi connectivity index (χ3n) is 4.69. The van der Waals surface area contributed by atoms with Gasteiger partial charge in [-0.05, 0) is 32.1 Å². The summed E-state index contributed by atoms with van der Waals surface area (Å²) in [5.41, 5.74) is 0. The highest BCUT2D eigenvalue weighted by molar-refractivity contribution is 4.86. The van der Waals surface area contributed by atoms with Gasteiger partial charge in [0, 0.05) is 6.61 Å². The minimum absolute atomic E-state index is 0.0410. The molecule has 0 unspecified atom stereocenters. The Balaban J connectivity index is 1.86. The van der Waals surface area contributed by atoms with Crippen molar-refractivity contribution in [1.82, 2.24) is 0 Å². The Hall–Kier alpha value is -0.460. The summed E-state index contributed by atoms with van der Waals surface area (Å²) in [4.78, 5) is 0. The number of allylic oxidation sites excluding steroid dienone is 2. The molecule has 0 aliphatic carbocycles.